The van der Waals surface area contributed by atoms with E-state index in [-0.39, 0.29) is 12.8 Å². The monoisotopic (exact) mass is 284 g/mol. The van der Waals surface area contributed by atoms with Gasteiger partial charge in [-0.1, -0.05) is 43.3 Å². The molecule has 0 saturated heterocycles. The van der Waals surface area contributed by atoms with E-state index in [1.54, 1.807) is 11.9 Å². The van der Waals surface area contributed by atoms with Gasteiger partial charge < -0.3 is 10.1 Å². The first kappa shape index (κ1) is 14.9. The van der Waals surface area contributed by atoms with Crippen LogP contribution in [0.2, 0.25) is 0 Å². The van der Waals surface area contributed by atoms with E-state index >= 15 is 0 Å². The maximum Gasteiger partial charge on any atom is 0.324 e. The highest BCUT2D eigenvalue weighted by Crippen LogP contribution is 2.17. The van der Waals surface area contributed by atoms with Crippen molar-refractivity contribution in [2.24, 2.45) is 0 Å². The largest absolute Gasteiger partial charge is 0.473 e. The fraction of sp³-hybridized carbons (Fsp3) is 0.235. The number of ether oxygens (including phenoxy) is 1. The van der Waals surface area contributed by atoms with Crippen molar-refractivity contribution < 1.29 is 9.53 Å². The normalized spacial score (nSPS) is 10.0. The minimum absolute atomic E-state index is 0.146. The van der Waals surface area contributed by atoms with Crippen LogP contribution in [0, 0.1) is 0 Å². The van der Waals surface area contributed by atoms with Crippen molar-refractivity contribution in [2.45, 2.75) is 13.3 Å². The summed E-state index contributed by atoms with van der Waals surface area (Å²) in [6.45, 7) is 2.22. The van der Waals surface area contributed by atoms with E-state index in [9.17, 15) is 4.79 Å². The van der Waals surface area contributed by atoms with Crippen molar-refractivity contribution >= 4 is 11.7 Å². The molecule has 0 aromatic heterocycles. The van der Waals surface area contributed by atoms with Gasteiger partial charge in [0.15, 0.2) is 6.73 Å². The van der Waals surface area contributed by atoms with Gasteiger partial charge in [-0.2, -0.15) is 0 Å². The zero-order valence-electron chi connectivity index (χ0n) is 12.4. The van der Waals surface area contributed by atoms with Gasteiger partial charge in [0.05, 0.1) is 0 Å². The van der Waals surface area contributed by atoms with E-state index < -0.39 is 0 Å². The average molecular weight is 284 g/mol. The lowest BCUT2D eigenvalue weighted by Gasteiger charge is -2.18. The second-order valence-electron chi connectivity index (χ2n) is 4.63. The Kier molecular flexibility index (Phi) is 5.21. The van der Waals surface area contributed by atoms with E-state index in [1.807, 2.05) is 54.6 Å². The molecule has 0 fully saturated rings. The van der Waals surface area contributed by atoms with Crippen LogP contribution in [0.15, 0.2) is 54.6 Å². The molecule has 2 rings (SSSR count). The number of hydrogen-bond donors (Lipinski definition) is 1. The summed E-state index contributed by atoms with van der Waals surface area (Å²) >= 11 is 0. The van der Waals surface area contributed by atoms with E-state index in [0.29, 0.717) is 0 Å². The van der Waals surface area contributed by atoms with Crippen LogP contribution >= 0.6 is 0 Å². The maximum absolute atomic E-state index is 12.0. The Hall–Kier alpha value is -2.49. The number of aryl methyl sites for hydroxylation is 1. The standard InChI is InChI=1S/C17H20N2O2/c1-3-14-9-7-8-12-16(14)21-13-18-17(20)19(2)15-10-5-4-6-11-15/h4-12H,3,13H2,1-2H3,(H,18,20). The lowest BCUT2D eigenvalue weighted by molar-refractivity contribution is 0.230. The number of benzene rings is 2. The van der Waals surface area contributed by atoms with Gasteiger partial charge in [0.1, 0.15) is 5.75 Å². The molecule has 2 aromatic rings. The summed E-state index contributed by atoms with van der Waals surface area (Å²) in [7, 11) is 1.73. The van der Waals surface area contributed by atoms with Crippen molar-refractivity contribution in [1.82, 2.24) is 5.32 Å². The molecule has 0 saturated carbocycles. The number of carbonyl (C=O) groups excluding carboxylic acids is 1. The second-order valence-corrected chi connectivity index (χ2v) is 4.63. The summed E-state index contributed by atoms with van der Waals surface area (Å²) < 4.78 is 5.63. The molecule has 0 bridgehead atoms. The highest BCUT2D eigenvalue weighted by atomic mass is 16.5. The van der Waals surface area contributed by atoms with Crippen LogP contribution in [-0.2, 0) is 6.42 Å². The van der Waals surface area contributed by atoms with Crippen LogP contribution in [0.25, 0.3) is 0 Å². The van der Waals surface area contributed by atoms with Gasteiger partial charge in [0.2, 0.25) is 0 Å². The van der Waals surface area contributed by atoms with Crippen LogP contribution in [0.4, 0.5) is 10.5 Å². The number of nitrogens with zero attached hydrogens (tertiary/aromatic N) is 1. The van der Waals surface area contributed by atoms with Gasteiger partial charge in [0.25, 0.3) is 0 Å². The molecule has 0 heterocycles. The predicted molar refractivity (Wildman–Crippen MR) is 84.7 cm³/mol. The molecule has 110 valence electrons. The molecule has 0 aliphatic rings. The highest BCUT2D eigenvalue weighted by molar-refractivity contribution is 5.91. The molecule has 0 aliphatic carbocycles. The number of urea groups is 1. The number of anilines is 1. The minimum atomic E-state index is -0.199. The van der Waals surface area contributed by atoms with Crippen molar-refractivity contribution in [2.75, 3.05) is 18.7 Å². The van der Waals surface area contributed by atoms with Gasteiger partial charge in [-0.15, -0.1) is 0 Å². The third kappa shape index (κ3) is 3.99. The summed E-state index contributed by atoms with van der Waals surface area (Å²) in [4.78, 5) is 13.6. The molecule has 2 aromatic carbocycles. The fourth-order valence-corrected chi connectivity index (χ4v) is 2.00. The fourth-order valence-electron chi connectivity index (χ4n) is 2.00. The number of amides is 2. The third-order valence-corrected chi connectivity index (χ3v) is 3.25. The molecule has 21 heavy (non-hydrogen) atoms. The Morgan fingerprint density at radius 3 is 2.48 bits per heavy atom. The number of para-hydroxylation sites is 2. The number of nitrogens with one attached hydrogen (secondary N) is 1. The van der Waals surface area contributed by atoms with Crippen LogP contribution < -0.4 is 15.0 Å². The SMILES string of the molecule is CCc1ccccc1OCNC(=O)N(C)c1ccccc1. The van der Waals surface area contributed by atoms with Crippen LogP contribution in [0.3, 0.4) is 0 Å². The first-order chi connectivity index (χ1) is 10.2. The van der Waals surface area contributed by atoms with Crippen LogP contribution in [-0.4, -0.2) is 19.8 Å². The van der Waals surface area contributed by atoms with Crippen molar-refractivity contribution in [3.8, 4) is 5.75 Å². The third-order valence-electron chi connectivity index (χ3n) is 3.25. The smallest absolute Gasteiger partial charge is 0.324 e. The molecule has 0 atom stereocenters. The first-order valence-corrected chi connectivity index (χ1v) is 6.99. The lowest BCUT2D eigenvalue weighted by Crippen LogP contribution is -2.39. The molecule has 0 unspecified atom stereocenters. The van der Waals surface area contributed by atoms with Gasteiger partial charge in [-0.25, -0.2) is 4.79 Å². The van der Waals surface area contributed by atoms with Gasteiger partial charge in [-0.3, -0.25) is 4.90 Å². The number of carbonyl (C=O) groups is 1. The predicted octanol–water partition coefficient (Wildman–Crippen LogP) is 3.43. The lowest BCUT2D eigenvalue weighted by atomic mass is 10.1. The molecular weight excluding hydrogens is 264 g/mol. The van der Waals surface area contributed by atoms with E-state index in [0.717, 1.165) is 23.4 Å². The Labute approximate surface area is 125 Å². The van der Waals surface area contributed by atoms with Crippen molar-refractivity contribution in [1.29, 1.82) is 0 Å². The summed E-state index contributed by atoms with van der Waals surface area (Å²) in [5.74, 6) is 0.808. The summed E-state index contributed by atoms with van der Waals surface area (Å²) in [5.41, 5.74) is 1.96. The van der Waals surface area contributed by atoms with Crippen LogP contribution in [0.1, 0.15) is 12.5 Å². The second kappa shape index (κ2) is 7.33. The average Bonchev–Trinajstić information content (AvgIpc) is 2.55. The number of rotatable bonds is 5. The van der Waals surface area contributed by atoms with Crippen molar-refractivity contribution in [3.05, 3.63) is 60.2 Å². The minimum Gasteiger partial charge on any atom is -0.473 e. The summed E-state index contributed by atoms with van der Waals surface area (Å²) in [6.07, 6.45) is 0.897. The number of hydrogen-bond acceptors (Lipinski definition) is 2. The molecule has 2 amide bonds. The van der Waals surface area contributed by atoms with Gasteiger partial charge >= 0.3 is 6.03 Å². The van der Waals surface area contributed by atoms with Crippen molar-refractivity contribution in [3.63, 3.8) is 0 Å². The molecule has 4 heteroatoms. The Morgan fingerprint density at radius 2 is 1.76 bits per heavy atom. The van der Waals surface area contributed by atoms with E-state index in [1.165, 1.54) is 0 Å². The molecule has 0 radical (unpaired) electrons. The molecule has 0 spiro atoms. The Balaban J connectivity index is 1.87. The first-order valence-electron chi connectivity index (χ1n) is 6.99. The highest BCUT2D eigenvalue weighted by Gasteiger charge is 2.09. The Morgan fingerprint density at radius 1 is 1.10 bits per heavy atom. The van der Waals surface area contributed by atoms with Gasteiger partial charge in [0, 0.05) is 12.7 Å². The quantitative estimate of drug-likeness (QED) is 0.855. The van der Waals surface area contributed by atoms with Crippen LogP contribution in [0.5, 0.6) is 5.75 Å². The molecule has 1 N–H and O–H groups in total. The molecule has 0 aliphatic heterocycles. The van der Waals surface area contributed by atoms with E-state index in [2.05, 4.69) is 12.2 Å². The Bertz CT molecular complexity index is 584. The summed E-state index contributed by atoms with van der Waals surface area (Å²) in [5, 5.41) is 2.75. The topological polar surface area (TPSA) is 41.6 Å². The molecular formula is C17H20N2O2. The van der Waals surface area contributed by atoms with Gasteiger partial charge in [-0.05, 0) is 30.2 Å². The zero-order valence-corrected chi connectivity index (χ0v) is 12.4. The maximum atomic E-state index is 12.0. The van der Waals surface area contributed by atoms with E-state index in [4.69, 9.17) is 4.74 Å². The molecule has 4 nitrogen and oxygen atoms in total. The zero-order chi connectivity index (χ0) is 15.1. The summed E-state index contributed by atoms with van der Waals surface area (Å²) in [6, 6.07) is 17.1.